The first-order valence-electron chi connectivity index (χ1n) is 12.2. The van der Waals surface area contributed by atoms with Crippen molar-refractivity contribution in [3.8, 4) is 5.75 Å². The summed E-state index contributed by atoms with van der Waals surface area (Å²) in [6, 6.07) is 18.4. The fourth-order valence-electron chi connectivity index (χ4n) is 3.79. The number of halogens is 2. The van der Waals surface area contributed by atoms with Crippen LogP contribution in [0.3, 0.4) is 0 Å². The molecule has 0 aliphatic carbocycles. The number of amides is 2. The molecule has 1 atom stereocenters. The van der Waals surface area contributed by atoms with Crippen LogP contribution in [0.25, 0.3) is 0 Å². The number of ether oxygens (including phenoxy) is 1. The van der Waals surface area contributed by atoms with E-state index in [0.717, 1.165) is 14.3 Å². The SMILES string of the molecule is COc1ccc(S(=O)(=O)N(CC(=O)N(Cc2ccc(Br)cc2)[C@H](C)C(=O)NC(C)C)c2ccc(Cl)cc2)cc1. The molecule has 0 radical (unpaired) electrons. The molecule has 11 heteroatoms. The minimum atomic E-state index is -4.18. The zero-order valence-electron chi connectivity index (χ0n) is 22.1. The number of carbonyl (C=O) groups excluding carboxylic acids is 2. The zero-order chi connectivity index (χ0) is 28.7. The van der Waals surface area contributed by atoms with E-state index in [-0.39, 0.29) is 29.1 Å². The first kappa shape index (κ1) is 30.5. The molecule has 0 aliphatic rings. The average Bonchev–Trinajstić information content (AvgIpc) is 2.91. The number of hydrogen-bond acceptors (Lipinski definition) is 5. The Labute approximate surface area is 243 Å². The molecule has 0 spiro atoms. The van der Waals surface area contributed by atoms with Crippen LogP contribution < -0.4 is 14.4 Å². The van der Waals surface area contributed by atoms with Gasteiger partial charge in [0, 0.05) is 22.1 Å². The topological polar surface area (TPSA) is 96.0 Å². The Hall–Kier alpha value is -3.08. The predicted octanol–water partition coefficient (Wildman–Crippen LogP) is 5.25. The van der Waals surface area contributed by atoms with Gasteiger partial charge in [-0.25, -0.2) is 8.42 Å². The number of nitrogens with one attached hydrogen (secondary N) is 1. The van der Waals surface area contributed by atoms with Gasteiger partial charge in [0.05, 0.1) is 17.7 Å². The molecule has 8 nitrogen and oxygen atoms in total. The van der Waals surface area contributed by atoms with Gasteiger partial charge in [-0.1, -0.05) is 39.7 Å². The molecule has 0 unspecified atom stereocenters. The van der Waals surface area contributed by atoms with Crippen molar-refractivity contribution in [3.05, 3.63) is 87.9 Å². The van der Waals surface area contributed by atoms with Gasteiger partial charge in [-0.2, -0.15) is 0 Å². The Balaban J connectivity index is 2.02. The van der Waals surface area contributed by atoms with Crippen LogP contribution in [-0.4, -0.2) is 50.9 Å². The molecule has 1 N–H and O–H groups in total. The number of sulfonamides is 1. The molecule has 3 aromatic carbocycles. The lowest BCUT2D eigenvalue weighted by Gasteiger charge is -2.32. The van der Waals surface area contributed by atoms with Gasteiger partial charge in [0.25, 0.3) is 10.0 Å². The molecule has 0 saturated heterocycles. The van der Waals surface area contributed by atoms with Crippen LogP contribution in [0.15, 0.2) is 82.2 Å². The fourth-order valence-corrected chi connectivity index (χ4v) is 5.59. The average molecular weight is 637 g/mol. The largest absolute Gasteiger partial charge is 0.497 e. The third-order valence-electron chi connectivity index (χ3n) is 5.91. The second-order valence-electron chi connectivity index (χ2n) is 9.15. The second kappa shape index (κ2) is 13.3. The maximum absolute atomic E-state index is 13.9. The monoisotopic (exact) mass is 635 g/mol. The van der Waals surface area contributed by atoms with Crippen molar-refractivity contribution in [2.45, 2.75) is 44.3 Å². The van der Waals surface area contributed by atoms with Crippen molar-refractivity contribution in [2.24, 2.45) is 0 Å². The number of methoxy groups -OCH3 is 1. The van der Waals surface area contributed by atoms with Crippen LogP contribution in [0.2, 0.25) is 5.02 Å². The van der Waals surface area contributed by atoms with Gasteiger partial charge in [0.2, 0.25) is 11.8 Å². The van der Waals surface area contributed by atoms with Crippen molar-refractivity contribution in [1.82, 2.24) is 10.2 Å². The van der Waals surface area contributed by atoms with E-state index in [0.29, 0.717) is 10.8 Å². The zero-order valence-corrected chi connectivity index (χ0v) is 25.3. The Morgan fingerprint density at radius 2 is 1.54 bits per heavy atom. The highest BCUT2D eigenvalue weighted by atomic mass is 79.9. The Bertz CT molecular complexity index is 1380. The van der Waals surface area contributed by atoms with Gasteiger partial charge < -0.3 is 15.0 Å². The van der Waals surface area contributed by atoms with E-state index in [2.05, 4.69) is 21.2 Å². The summed E-state index contributed by atoms with van der Waals surface area (Å²) in [6.45, 7) is 4.85. The molecule has 0 fully saturated rings. The van der Waals surface area contributed by atoms with Gasteiger partial charge in [-0.3, -0.25) is 13.9 Å². The van der Waals surface area contributed by atoms with Crippen molar-refractivity contribution in [1.29, 1.82) is 0 Å². The van der Waals surface area contributed by atoms with E-state index in [1.807, 2.05) is 38.1 Å². The lowest BCUT2D eigenvalue weighted by Crippen LogP contribution is -2.52. The molecule has 0 heterocycles. The molecule has 2 amide bonds. The van der Waals surface area contributed by atoms with Crippen LogP contribution in [0, 0.1) is 0 Å². The number of carbonyl (C=O) groups is 2. The molecule has 0 saturated carbocycles. The normalized spacial score (nSPS) is 12.1. The number of benzene rings is 3. The lowest BCUT2D eigenvalue weighted by molar-refractivity contribution is -0.139. The highest BCUT2D eigenvalue weighted by Gasteiger charge is 2.32. The van der Waals surface area contributed by atoms with Crippen molar-refractivity contribution < 1.29 is 22.7 Å². The second-order valence-corrected chi connectivity index (χ2v) is 12.4. The highest BCUT2D eigenvalue weighted by molar-refractivity contribution is 9.10. The summed E-state index contributed by atoms with van der Waals surface area (Å²) in [5.41, 5.74) is 1.04. The van der Waals surface area contributed by atoms with Crippen LogP contribution in [0.5, 0.6) is 5.75 Å². The Kier molecular flexibility index (Phi) is 10.4. The first-order valence-corrected chi connectivity index (χ1v) is 14.8. The highest BCUT2D eigenvalue weighted by Crippen LogP contribution is 2.27. The van der Waals surface area contributed by atoms with Crippen LogP contribution >= 0.6 is 27.5 Å². The third kappa shape index (κ3) is 7.97. The minimum Gasteiger partial charge on any atom is -0.497 e. The molecule has 3 rings (SSSR count). The van der Waals surface area contributed by atoms with Gasteiger partial charge in [0.1, 0.15) is 18.3 Å². The maximum Gasteiger partial charge on any atom is 0.264 e. The third-order valence-corrected chi connectivity index (χ3v) is 8.47. The summed E-state index contributed by atoms with van der Waals surface area (Å²) in [5, 5.41) is 3.25. The lowest BCUT2D eigenvalue weighted by atomic mass is 10.1. The summed E-state index contributed by atoms with van der Waals surface area (Å²) in [6.07, 6.45) is 0. The summed E-state index contributed by atoms with van der Waals surface area (Å²) >= 11 is 9.45. The number of rotatable bonds is 11. The van der Waals surface area contributed by atoms with Gasteiger partial charge in [-0.05, 0) is 87.0 Å². The molecule has 208 valence electrons. The fraction of sp³-hybridized carbons (Fsp3) is 0.286. The quantitative estimate of drug-likeness (QED) is 0.310. The molecule has 0 aromatic heterocycles. The summed E-state index contributed by atoms with van der Waals surface area (Å²) in [4.78, 5) is 28.2. The van der Waals surface area contributed by atoms with E-state index in [1.165, 1.54) is 48.4 Å². The number of anilines is 1. The molecular weight excluding hydrogens is 606 g/mol. The number of hydrogen-bond donors (Lipinski definition) is 1. The van der Waals surface area contributed by atoms with E-state index in [4.69, 9.17) is 16.3 Å². The van der Waals surface area contributed by atoms with E-state index in [1.54, 1.807) is 19.1 Å². The summed E-state index contributed by atoms with van der Waals surface area (Å²) in [5.74, 6) is -0.392. The summed E-state index contributed by atoms with van der Waals surface area (Å²) < 4.78 is 34.7. The standard InChI is InChI=1S/C28H31BrClN3O5S/c1-19(2)31-28(35)20(3)32(17-21-5-7-22(29)8-6-21)27(34)18-33(24-11-9-23(30)10-12-24)39(36,37)26-15-13-25(38-4)14-16-26/h5-16,19-20H,17-18H2,1-4H3,(H,31,35)/t20-/m1/s1. The van der Waals surface area contributed by atoms with E-state index >= 15 is 0 Å². The molecule has 0 bridgehead atoms. The van der Waals surface area contributed by atoms with Gasteiger partial charge in [0.15, 0.2) is 0 Å². The summed E-state index contributed by atoms with van der Waals surface area (Å²) in [7, 11) is -2.70. The van der Waals surface area contributed by atoms with Crippen LogP contribution in [-0.2, 0) is 26.2 Å². The molecular formula is C28H31BrClN3O5S. The van der Waals surface area contributed by atoms with Crippen molar-refractivity contribution >= 4 is 55.1 Å². The van der Waals surface area contributed by atoms with Gasteiger partial charge >= 0.3 is 0 Å². The Morgan fingerprint density at radius 1 is 0.949 bits per heavy atom. The minimum absolute atomic E-state index is 0.0175. The Morgan fingerprint density at radius 3 is 2.08 bits per heavy atom. The van der Waals surface area contributed by atoms with E-state index < -0.39 is 28.5 Å². The molecule has 39 heavy (non-hydrogen) atoms. The van der Waals surface area contributed by atoms with Gasteiger partial charge in [-0.15, -0.1) is 0 Å². The van der Waals surface area contributed by atoms with Crippen molar-refractivity contribution in [3.63, 3.8) is 0 Å². The first-order chi connectivity index (χ1) is 18.4. The van der Waals surface area contributed by atoms with Crippen LogP contribution in [0.4, 0.5) is 5.69 Å². The molecule has 0 aliphatic heterocycles. The smallest absolute Gasteiger partial charge is 0.264 e. The maximum atomic E-state index is 13.9. The molecule has 3 aromatic rings. The predicted molar refractivity (Wildman–Crippen MR) is 156 cm³/mol. The van der Waals surface area contributed by atoms with Crippen molar-refractivity contribution in [2.75, 3.05) is 18.0 Å². The van der Waals surface area contributed by atoms with E-state index in [9.17, 15) is 18.0 Å². The number of nitrogens with zero attached hydrogens (tertiary/aromatic N) is 2. The van der Waals surface area contributed by atoms with Crippen LogP contribution in [0.1, 0.15) is 26.3 Å².